The minimum atomic E-state index is -5.08. The first kappa shape index (κ1) is 26.1. The van der Waals surface area contributed by atoms with Gasteiger partial charge in [-0.05, 0) is 23.6 Å². The van der Waals surface area contributed by atoms with E-state index in [1.165, 1.54) is 0 Å². The predicted molar refractivity (Wildman–Crippen MR) is 133 cm³/mol. The minimum Gasteiger partial charge on any atom is -0.475 e. The first-order chi connectivity index (χ1) is 17.6. The third kappa shape index (κ3) is 6.06. The molecule has 1 saturated heterocycles. The molecule has 4 aromatic rings. The van der Waals surface area contributed by atoms with Gasteiger partial charge in [0.1, 0.15) is 11.3 Å². The fourth-order valence-electron chi connectivity index (χ4n) is 3.84. The lowest BCUT2D eigenvalue weighted by Crippen LogP contribution is -2.44. The molecule has 2 aromatic carbocycles. The summed E-state index contributed by atoms with van der Waals surface area (Å²) in [7, 11) is -3.82. The average molecular weight is 534 g/mol. The molecule has 0 amide bonds. The maximum Gasteiger partial charge on any atom is 0.490 e. The van der Waals surface area contributed by atoms with Crippen LogP contribution in [0, 0.1) is 0 Å². The number of hydrogen-bond acceptors (Lipinski definition) is 7. The maximum absolute atomic E-state index is 13.2. The fraction of sp³-hybridized carbons (Fsp3) is 0.208. The van der Waals surface area contributed by atoms with Crippen molar-refractivity contribution in [2.45, 2.75) is 11.1 Å². The van der Waals surface area contributed by atoms with Crippen molar-refractivity contribution in [2.75, 3.05) is 35.8 Å². The molecule has 0 spiro atoms. The third-order valence-electron chi connectivity index (χ3n) is 5.51. The molecule has 2 aromatic heterocycles. The minimum absolute atomic E-state index is 0.234. The number of rotatable bonds is 4. The van der Waals surface area contributed by atoms with Crippen LogP contribution in [0.2, 0.25) is 0 Å². The van der Waals surface area contributed by atoms with Crippen molar-refractivity contribution in [1.29, 1.82) is 0 Å². The molecule has 9 nitrogen and oxygen atoms in total. The van der Waals surface area contributed by atoms with Crippen molar-refractivity contribution in [2.24, 2.45) is 0 Å². The summed E-state index contributed by atoms with van der Waals surface area (Å²) in [5.41, 5.74) is 0.771. The molecule has 194 valence electrons. The van der Waals surface area contributed by atoms with Gasteiger partial charge >= 0.3 is 12.1 Å². The number of benzene rings is 2. The second-order valence-corrected chi connectivity index (χ2v) is 9.68. The number of aliphatic carboxylic acids is 1. The Morgan fingerprint density at radius 1 is 1.00 bits per heavy atom. The quantitative estimate of drug-likeness (QED) is 0.363. The lowest BCUT2D eigenvalue weighted by Gasteiger charge is -2.29. The number of alkyl halides is 3. The van der Waals surface area contributed by atoms with E-state index in [2.05, 4.69) is 24.9 Å². The van der Waals surface area contributed by atoms with Crippen LogP contribution >= 0.6 is 0 Å². The first-order valence-corrected chi connectivity index (χ1v) is 12.6. The molecule has 1 aliphatic heterocycles. The maximum atomic E-state index is 13.2. The summed E-state index contributed by atoms with van der Waals surface area (Å²) in [5.74, 6) is -1.77. The number of nitrogens with zero attached hydrogens (tertiary/aromatic N) is 3. The summed E-state index contributed by atoms with van der Waals surface area (Å²) in [6.45, 7) is 3.28. The van der Waals surface area contributed by atoms with E-state index < -0.39 is 22.2 Å². The van der Waals surface area contributed by atoms with Gasteiger partial charge in [-0.15, -0.1) is 0 Å². The zero-order valence-electron chi connectivity index (χ0n) is 19.2. The number of carboxylic acid groups (broad SMARTS) is 1. The van der Waals surface area contributed by atoms with Crippen molar-refractivity contribution in [3.8, 4) is 0 Å². The number of carboxylic acids is 1. The highest BCUT2D eigenvalue weighted by atomic mass is 32.2. The van der Waals surface area contributed by atoms with Crippen molar-refractivity contribution in [1.82, 2.24) is 15.3 Å². The second-order valence-electron chi connectivity index (χ2n) is 8.03. The molecule has 3 N–H and O–H groups in total. The molecule has 1 fully saturated rings. The van der Waals surface area contributed by atoms with Gasteiger partial charge in [-0.1, -0.05) is 42.5 Å². The van der Waals surface area contributed by atoms with Gasteiger partial charge in [0.25, 0.3) is 10.0 Å². The van der Waals surface area contributed by atoms with Gasteiger partial charge in [-0.2, -0.15) is 13.2 Å². The number of hydrogen-bond donors (Lipinski definition) is 3. The zero-order valence-corrected chi connectivity index (χ0v) is 20.1. The molecule has 0 bridgehead atoms. The standard InChI is InChI=1S/C22H21N5O2S.C2HF3O2/c28-30(29,19-9-3-6-16-5-1-2-8-18(16)19)26-20-15-17-7-4-10-24-21(17)22(25-20)27-13-11-23-12-14-27;3-2(4,5)1(6)7/h1-10,15,23H,11-14H2,(H,25,26);(H,6,7). The predicted octanol–water partition coefficient (Wildman–Crippen LogP) is 3.63. The van der Waals surface area contributed by atoms with Crippen LogP contribution in [0.15, 0.2) is 71.8 Å². The fourth-order valence-corrected chi connectivity index (χ4v) is 5.06. The second kappa shape index (κ2) is 10.6. The normalized spacial score (nSPS) is 14.2. The molecule has 0 saturated carbocycles. The number of aromatic nitrogens is 2. The Labute approximate surface area is 210 Å². The molecule has 0 unspecified atom stereocenters. The zero-order chi connectivity index (χ0) is 26.6. The number of anilines is 2. The smallest absolute Gasteiger partial charge is 0.475 e. The van der Waals surface area contributed by atoms with Crippen LogP contribution in [0.1, 0.15) is 0 Å². The number of fused-ring (bicyclic) bond motifs is 2. The molecule has 13 heteroatoms. The molecule has 0 atom stereocenters. The van der Waals surface area contributed by atoms with Gasteiger partial charge in [0.15, 0.2) is 5.82 Å². The van der Waals surface area contributed by atoms with E-state index in [1.807, 2.05) is 42.5 Å². The van der Waals surface area contributed by atoms with E-state index >= 15 is 0 Å². The Morgan fingerprint density at radius 2 is 1.65 bits per heavy atom. The van der Waals surface area contributed by atoms with E-state index in [0.29, 0.717) is 11.2 Å². The number of pyridine rings is 2. The van der Waals surface area contributed by atoms with Gasteiger partial charge in [0, 0.05) is 43.1 Å². The molecule has 37 heavy (non-hydrogen) atoms. The topological polar surface area (TPSA) is 125 Å². The van der Waals surface area contributed by atoms with E-state index in [4.69, 9.17) is 9.90 Å². The third-order valence-corrected chi connectivity index (χ3v) is 6.92. The SMILES string of the molecule is O=C(O)C(F)(F)F.O=S(=O)(Nc1cc2cccnc2c(N2CCNCC2)n1)c1cccc2ccccc12. The van der Waals surface area contributed by atoms with Gasteiger partial charge < -0.3 is 15.3 Å². The number of nitrogens with one attached hydrogen (secondary N) is 2. The van der Waals surface area contributed by atoms with Gasteiger partial charge in [-0.3, -0.25) is 9.71 Å². The number of halogens is 3. The highest BCUT2D eigenvalue weighted by molar-refractivity contribution is 7.93. The summed E-state index contributed by atoms with van der Waals surface area (Å²) in [5, 5.41) is 12.8. The monoisotopic (exact) mass is 533 g/mol. The molecule has 0 radical (unpaired) electrons. The average Bonchev–Trinajstić information content (AvgIpc) is 2.88. The highest BCUT2D eigenvalue weighted by Gasteiger charge is 2.38. The number of carbonyl (C=O) groups is 1. The summed E-state index contributed by atoms with van der Waals surface area (Å²) >= 11 is 0. The van der Waals surface area contributed by atoms with Crippen molar-refractivity contribution >= 4 is 49.3 Å². The van der Waals surface area contributed by atoms with Crippen molar-refractivity contribution in [3.05, 3.63) is 66.9 Å². The Hall–Kier alpha value is -3.97. The summed E-state index contributed by atoms with van der Waals surface area (Å²) in [4.78, 5) is 20.4. The Kier molecular flexibility index (Phi) is 7.45. The van der Waals surface area contributed by atoms with Crippen LogP contribution in [0.25, 0.3) is 21.7 Å². The van der Waals surface area contributed by atoms with Gasteiger partial charge in [0.05, 0.1) is 4.90 Å². The molecule has 0 aliphatic carbocycles. The van der Waals surface area contributed by atoms with E-state index in [9.17, 15) is 21.6 Å². The summed E-state index contributed by atoms with van der Waals surface area (Å²) in [6, 6.07) is 18.2. The lowest BCUT2D eigenvalue weighted by molar-refractivity contribution is -0.192. The Morgan fingerprint density at radius 3 is 2.35 bits per heavy atom. The first-order valence-electron chi connectivity index (χ1n) is 11.1. The van der Waals surface area contributed by atoms with Crippen LogP contribution in [0.4, 0.5) is 24.8 Å². The van der Waals surface area contributed by atoms with Crippen LogP contribution in [-0.4, -0.2) is 61.8 Å². The van der Waals surface area contributed by atoms with Crippen LogP contribution < -0.4 is 14.9 Å². The Balaban J connectivity index is 0.000000405. The largest absolute Gasteiger partial charge is 0.490 e. The van der Waals surface area contributed by atoms with Crippen molar-refractivity contribution in [3.63, 3.8) is 0 Å². The van der Waals surface area contributed by atoms with E-state index in [-0.39, 0.29) is 10.7 Å². The van der Waals surface area contributed by atoms with Gasteiger partial charge in [0.2, 0.25) is 0 Å². The van der Waals surface area contributed by atoms with E-state index in [1.54, 1.807) is 24.4 Å². The molecule has 5 rings (SSSR count). The highest BCUT2D eigenvalue weighted by Crippen LogP contribution is 2.29. The molecular weight excluding hydrogens is 511 g/mol. The van der Waals surface area contributed by atoms with Crippen LogP contribution in [0.3, 0.4) is 0 Å². The lowest BCUT2D eigenvalue weighted by atomic mass is 10.1. The van der Waals surface area contributed by atoms with Gasteiger partial charge in [-0.25, -0.2) is 18.2 Å². The number of piperazine rings is 1. The number of sulfonamides is 1. The molecular formula is C24H22F3N5O4S. The summed E-state index contributed by atoms with van der Waals surface area (Å²) < 4.78 is 60.9. The summed E-state index contributed by atoms with van der Waals surface area (Å²) in [6.07, 6.45) is -3.35. The van der Waals surface area contributed by atoms with E-state index in [0.717, 1.165) is 42.5 Å². The van der Waals surface area contributed by atoms with Crippen LogP contribution in [0.5, 0.6) is 0 Å². The Bertz CT molecular complexity index is 1540. The van der Waals surface area contributed by atoms with Crippen molar-refractivity contribution < 1.29 is 31.5 Å². The molecule has 1 aliphatic rings. The molecule has 3 heterocycles. The van der Waals surface area contributed by atoms with Crippen LogP contribution in [-0.2, 0) is 14.8 Å².